The summed E-state index contributed by atoms with van der Waals surface area (Å²) in [4.78, 5) is 5.16. The summed E-state index contributed by atoms with van der Waals surface area (Å²) in [5.74, 6) is 0.630. The number of aromatic nitrogens is 1. The van der Waals surface area contributed by atoms with Crippen LogP contribution in [0.5, 0.6) is 0 Å². The van der Waals surface area contributed by atoms with Gasteiger partial charge in [0.25, 0.3) is 0 Å². The highest BCUT2D eigenvalue weighted by molar-refractivity contribution is 9.10. The average molecular weight is 339 g/mol. The van der Waals surface area contributed by atoms with Crippen molar-refractivity contribution in [3.8, 4) is 0 Å². The molecule has 3 N–H and O–H groups in total. The van der Waals surface area contributed by atoms with Crippen LogP contribution in [0.1, 0.15) is 5.56 Å². The first-order valence-corrected chi connectivity index (χ1v) is 7.68. The second-order valence-corrected chi connectivity index (χ2v) is 6.21. The first kappa shape index (κ1) is 14.4. The van der Waals surface area contributed by atoms with E-state index in [9.17, 15) is 5.11 Å². The van der Waals surface area contributed by atoms with Crippen molar-refractivity contribution in [2.24, 2.45) is 0 Å². The second-order valence-electron chi connectivity index (χ2n) is 4.20. The zero-order valence-corrected chi connectivity index (χ0v) is 12.7. The Labute approximate surface area is 125 Å². The molecule has 3 nitrogen and oxygen atoms in total. The lowest BCUT2D eigenvalue weighted by atomic mass is 10.1. The molecule has 5 heteroatoms. The summed E-state index contributed by atoms with van der Waals surface area (Å²) in [6, 6.07) is 9.79. The van der Waals surface area contributed by atoms with Crippen molar-refractivity contribution in [3.05, 3.63) is 52.8 Å². The Morgan fingerprint density at radius 1 is 1.37 bits per heavy atom. The van der Waals surface area contributed by atoms with Gasteiger partial charge in [0.2, 0.25) is 0 Å². The van der Waals surface area contributed by atoms with E-state index in [4.69, 9.17) is 5.73 Å². The largest absolute Gasteiger partial charge is 0.398 e. The van der Waals surface area contributed by atoms with E-state index in [0.29, 0.717) is 17.9 Å². The fraction of sp³-hybridized carbons (Fsp3) is 0.214. The van der Waals surface area contributed by atoms with E-state index in [0.717, 1.165) is 14.9 Å². The van der Waals surface area contributed by atoms with Gasteiger partial charge in [0.05, 0.1) is 6.10 Å². The molecule has 0 saturated carbocycles. The lowest BCUT2D eigenvalue weighted by Crippen LogP contribution is -2.14. The zero-order chi connectivity index (χ0) is 13.7. The van der Waals surface area contributed by atoms with Gasteiger partial charge in [0.15, 0.2) is 0 Å². The normalized spacial score (nSPS) is 12.3. The third-order valence-electron chi connectivity index (χ3n) is 2.64. The Morgan fingerprint density at radius 2 is 2.21 bits per heavy atom. The lowest BCUT2D eigenvalue weighted by molar-refractivity contribution is 0.200. The van der Waals surface area contributed by atoms with E-state index in [1.165, 1.54) is 0 Å². The summed E-state index contributed by atoms with van der Waals surface area (Å²) in [5.41, 5.74) is 7.41. The number of hydrogen-bond donors (Lipinski definition) is 2. The van der Waals surface area contributed by atoms with E-state index in [-0.39, 0.29) is 0 Å². The van der Waals surface area contributed by atoms with Crippen LogP contribution in [-0.2, 0) is 6.42 Å². The third-order valence-corrected chi connectivity index (χ3v) is 4.27. The van der Waals surface area contributed by atoms with Gasteiger partial charge in [0.1, 0.15) is 0 Å². The van der Waals surface area contributed by atoms with Gasteiger partial charge in [-0.05, 0) is 29.8 Å². The van der Waals surface area contributed by atoms with Gasteiger partial charge in [0, 0.05) is 39.6 Å². The van der Waals surface area contributed by atoms with E-state index in [1.807, 2.05) is 24.3 Å². The summed E-state index contributed by atoms with van der Waals surface area (Å²) in [6.07, 6.45) is 3.46. The van der Waals surface area contributed by atoms with E-state index >= 15 is 0 Å². The summed E-state index contributed by atoms with van der Waals surface area (Å²) in [5, 5.41) is 10.0. The van der Waals surface area contributed by atoms with Gasteiger partial charge >= 0.3 is 0 Å². The van der Waals surface area contributed by atoms with Gasteiger partial charge in [-0.1, -0.05) is 22.0 Å². The van der Waals surface area contributed by atoms with Crippen molar-refractivity contribution in [3.63, 3.8) is 0 Å². The Bertz CT molecular complexity index is 550. The highest BCUT2D eigenvalue weighted by Gasteiger charge is 2.09. The zero-order valence-electron chi connectivity index (χ0n) is 10.3. The van der Waals surface area contributed by atoms with Crippen LogP contribution in [-0.4, -0.2) is 21.9 Å². The number of pyridine rings is 1. The maximum absolute atomic E-state index is 10.0. The Hall–Kier alpha value is -1.04. The molecule has 0 spiro atoms. The van der Waals surface area contributed by atoms with Crippen LogP contribution >= 0.6 is 27.7 Å². The number of aliphatic hydroxyl groups is 1. The Kier molecular flexibility index (Phi) is 5.24. The number of rotatable bonds is 5. The molecule has 0 radical (unpaired) electrons. The van der Waals surface area contributed by atoms with Crippen molar-refractivity contribution >= 4 is 33.4 Å². The number of benzene rings is 1. The fourth-order valence-electron chi connectivity index (χ4n) is 1.67. The molecule has 100 valence electrons. The van der Waals surface area contributed by atoms with Crippen LogP contribution in [0.4, 0.5) is 5.69 Å². The van der Waals surface area contributed by atoms with Crippen LogP contribution in [0, 0.1) is 0 Å². The van der Waals surface area contributed by atoms with Crippen LogP contribution in [0.2, 0.25) is 0 Å². The summed E-state index contributed by atoms with van der Waals surface area (Å²) in [7, 11) is 0. The minimum Gasteiger partial charge on any atom is -0.398 e. The van der Waals surface area contributed by atoms with Gasteiger partial charge in [-0.25, -0.2) is 0 Å². The second kappa shape index (κ2) is 6.93. The molecule has 1 aromatic heterocycles. The molecule has 2 aromatic rings. The van der Waals surface area contributed by atoms with Crippen LogP contribution in [0.25, 0.3) is 0 Å². The number of thioether (sulfide) groups is 1. The number of anilines is 1. The molecular formula is C14H15BrN2OS. The predicted octanol–water partition coefficient (Wildman–Crippen LogP) is 3.12. The molecule has 0 aliphatic rings. The summed E-state index contributed by atoms with van der Waals surface area (Å²) < 4.78 is 1.04. The van der Waals surface area contributed by atoms with E-state index in [2.05, 4.69) is 20.9 Å². The standard InChI is InChI=1S/C14H15BrN2OS/c15-11-2-1-3-13(7-11)19-9-12(18)6-10-8-17-5-4-14(10)16/h1-5,7-8,12,18H,6,9H2,(H2,16,17). The van der Waals surface area contributed by atoms with Gasteiger partial charge in [-0.15, -0.1) is 11.8 Å². The minimum atomic E-state index is -0.435. The summed E-state index contributed by atoms with van der Waals surface area (Å²) in [6.45, 7) is 0. The number of nitrogen functional groups attached to an aromatic ring is 1. The third kappa shape index (κ3) is 4.53. The van der Waals surface area contributed by atoms with Gasteiger partial charge in [-0.3, -0.25) is 4.98 Å². The lowest BCUT2D eigenvalue weighted by Gasteiger charge is -2.11. The molecule has 0 aliphatic heterocycles. The molecule has 19 heavy (non-hydrogen) atoms. The SMILES string of the molecule is Nc1ccncc1CC(O)CSc1cccc(Br)c1. The van der Waals surface area contributed by atoms with Crippen molar-refractivity contribution < 1.29 is 5.11 Å². The van der Waals surface area contributed by atoms with Crippen LogP contribution < -0.4 is 5.73 Å². The number of aliphatic hydroxyl groups excluding tert-OH is 1. The van der Waals surface area contributed by atoms with Crippen LogP contribution in [0.15, 0.2) is 52.1 Å². The monoisotopic (exact) mass is 338 g/mol. The van der Waals surface area contributed by atoms with Crippen molar-refractivity contribution in [1.82, 2.24) is 4.98 Å². The number of hydrogen-bond acceptors (Lipinski definition) is 4. The quantitative estimate of drug-likeness (QED) is 0.822. The Balaban J connectivity index is 1.88. The summed E-state index contributed by atoms with van der Waals surface area (Å²) >= 11 is 5.06. The van der Waals surface area contributed by atoms with Crippen molar-refractivity contribution in [1.29, 1.82) is 0 Å². The molecule has 1 atom stereocenters. The van der Waals surface area contributed by atoms with Gasteiger partial charge < -0.3 is 10.8 Å². The van der Waals surface area contributed by atoms with Crippen molar-refractivity contribution in [2.45, 2.75) is 17.4 Å². The molecule has 0 aliphatic carbocycles. The number of nitrogens with zero attached hydrogens (tertiary/aromatic N) is 1. The molecule has 2 rings (SSSR count). The minimum absolute atomic E-state index is 0.435. The highest BCUT2D eigenvalue weighted by atomic mass is 79.9. The highest BCUT2D eigenvalue weighted by Crippen LogP contribution is 2.23. The molecule has 0 amide bonds. The first-order valence-electron chi connectivity index (χ1n) is 5.90. The molecule has 1 unspecified atom stereocenters. The van der Waals surface area contributed by atoms with Crippen molar-refractivity contribution in [2.75, 3.05) is 11.5 Å². The molecule has 1 aromatic carbocycles. The first-order chi connectivity index (χ1) is 9.15. The van der Waals surface area contributed by atoms with Crippen LogP contribution in [0.3, 0.4) is 0 Å². The molecule has 0 saturated heterocycles. The molecule has 0 bridgehead atoms. The molecule has 1 heterocycles. The predicted molar refractivity (Wildman–Crippen MR) is 83.2 cm³/mol. The van der Waals surface area contributed by atoms with E-state index in [1.54, 1.807) is 30.2 Å². The van der Waals surface area contributed by atoms with E-state index < -0.39 is 6.10 Å². The maximum atomic E-state index is 10.0. The molecule has 0 fully saturated rings. The topological polar surface area (TPSA) is 59.1 Å². The number of halogens is 1. The maximum Gasteiger partial charge on any atom is 0.0675 e. The fourth-order valence-corrected chi connectivity index (χ4v) is 3.11. The molecular weight excluding hydrogens is 324 g/mol. The van der Waals surface area contributed by atoms with Gasteiger partial charge in [-0.2, -0.15) is 0 Å². The number of nitrogens with two attached hydrogens (primary N) is 1. The smallest absolute Gasteiger partial charge is 0.0675 e. The Morgan fingerprint density at radius 3 is 2.95 bits per heavy atom. The average Bonchev–Trinajstić information content (AvgIpc) is 2.39.